The van der Waals surface area contributed by atoms with E-state index in [0.29, 0.717) is 0 Å². The lowest BCUT2D eigenvalue weighted by molar-refractivity contribution is -0.122. The van der Waals surface area contributed by atoms with E-state index in [2.05, 4.69) is 29.6 Å². The Hall–Kier alpha value is -5.04. The standard InChI is InChI=1S/C37H32N2O5/c1-3-21-12-11-13-22(4-2)34(21)38-29(40)20-44-37(43)27-18-9-10-19-28(27)39-35(41)32-30-23-14-5-6-15-24(23)31(33(32)36(39)42)26-17-8-7-16-25(26)30/h5-19,30-33H,3-4,20H2,1-2H3,(H,38,40)/t30?,31?,32-,33-/m0/s1. The maximum atomic E-state index is 14.2. The van der Waals surface area contributed by atoms with E-state index < -0.39 is 30.3 Å². The van der Waals surface area contributed by atoms with Crippen molar-refractivity contribution in [3.8, 4) is 0 Å². The van der Waals surface area contributed by atoms with Gasteiger partial charge in [-0.05, 0) is 58.4 Å². The number of anilines is 2. The molecule has 0 unspecified atom stereocenters. The SMILES string of the molecule is CCc1cccc(CC)c1NC(=O)COC(=O)c1ccccc1N1C(=O)[C@H]2C3c4ccccc4C(c4ccccc43)[C@@H]2C1=O. The fraction of sp³-hybridized carbons (Fsp3) is 0.243. The Labute approximate surface area is 255 Å². The number of nitrogens with one attached hydrogen (secondary N) is 1. The zero-order valence-electron chi connectivity index (χ0n) is 24.6. The molecule has 8 rings (SSSR count). The Kier molecular flexibility index (Phi) is 6.88. The lowest BCUT2D eigenvalue weighted by atomic mass is 9.55. The van der Waals surface area contributed by atoms with Crippen LogP contribution in [-0.4, -0.2) is 30.3 Å². The van der Waals surface area contributed by atoms with Gasteiger partial charge in [-0.15, -0.1) is 0 Å². The minimum atomic E-state index is -0.778. The fourth-order valence-corrected chi connectivity index (χ4v) is 7.54. The quantitative estimate of drug-likeness (QED) is 0.212. The smallest absolute Gasteiger partial charge is 0.340 e. The van der Waals surface area contributed by atoms with Crippen LogP contribution in [0, 0.1) is 11.8 Å². The lowest BCUT2D eigenvalue weighted by Crippen LogP contribution is -2.41. The first-order valence-electron chi connectivity index (χ1n) is 15.2. The number of benzene rings is 4. The number of imide groups is 1. The number of carbonyl (C=O) groups is 4. The Morgan fingerprint density at radius 3 is 1.66 bits per heavy atom. The van der Waals surface area contributed by atoms with Crippen LogP contribution in [0.2, 0.25) is 0 Å². The van der Waals surface area contributed by atoms with Gasteiger partial charge in [-0.2, -0.15) is 0 Å². The summed E-state index contributed by atoms with van der Waals surface area (Å²) in [6.45, 7) is 3.53. The number of hydrogen-bond acceptors (Lipinski definition) is 5. The number of rotatable bonds is 7. The maximum Gasteiger partial charge on any atom is 0.340 e. The van der Waals surface area contributed by atoms with Gasteiger partial charge in [0.2, 0.25) is 11.8 Å². The predicted octanol–water partition coefficient (Wildman–Crippen LogP) is 6.00. The van der Waals surface area contributed by atoms with E-state index >= 15 is 0 Å². The first kappa shape index (κ1) is 27.8. The minimum Gasteiger partial charge on any atom is -0.452 e. The molecule has 3 aliphatic carbocycles. The molecule has 0 spiro atoms. The highest BCUT2D eigenvalue weighted by atomic mass is 16.5. The fourth-order valence-electron chi connectivity index (χ4n) is 7.54. The Morgan fingerprint density at radius 1 is 0.682 bits per heavy atom. The summed E-state index contributed by atoms with van der Waals surface area (Å²) >= 11 is 0. The van der Waals surface area contributed by atoms with Gasteiger partial charge < -0.3 is 10.1 Å². The molecule has 3 amide bonds. The first-order valence-corrected chi connectivity index (χ1v) is 15.2. The van der Waals surface area contributed by atoms with Gasteiger partial charge in [0, 0.05) is 17.5 Å². The number of aryl methyl sites for hydroxylation is 2. The molecule has 0 radical (unpaired) electrons. The van der Waals surface area contributed by atoms with Gasteiger partial charge in [0.05, 0.1) is 23.1 Å². The summed E-state index contributed by atoms with van der Waals surface area (Å²) in [4.78, 5) is 55.9. The molecular weight excluding hydrogens is 552 g/mol. The third kappa shape index (κ3) is 4.18. The predicted molar refractivity (Wildman–Crippen MR) is 167 cm³/mol. The molecule has 4 aromatic rings. The van der Waals surface area contributed by atoms with Crippen LogP contribution in [0.15, 0.2) is 91.0 Å². The Balaban J connectivity index is 1.16. The van der Waals surface area contributed by atoms with E-state index in [1.807, 2.05) is 56.3 Å². The van der Waals surface area contributed by atoms with E-state index in [1.54, 1.807) is 18.2 Å². The summed E-state index contributed by atoms with van der Waals surface area (Å²) in [5, 5.41) is 2.90. The highest BCUT2D eigenvalue weighted by Gasteiger charge is 2.62. The van der Waals surface area contributed by atoms with E-state index in [9.17, 15) is 19.2 Å². The third-order valence-corrected chi connectivity index (χ3v) is 9.41. The van der Waals surface area contributed by atoms with Crippen molar-refractivity contribution in [2.45, 2.75) is 38.5 Å². The molecule has 7 heteroatoms. The van der Waals surface area contributed by atoms with E-state index in [0.717, 1.165) is 51.9 Å². The number of para-hydroxylation sites is 2. The van der Waals surface area contributed by atoms with Crippen LogP contribution in [0.1, 0.15) is 69.4 Å². The molecule has 2 bridgehead atoms. The molecule has 4 aliphatic rings. The maximum absolute atomic E-state index is 14.2. The Bertz CT molecular complexity index is 1710. The van der Waals surface area contributed by atoms with Gasteiger partial charge in [-0.1, -0.05) is 92.7 Å². The van der Waals surface area contributed by atoms with Crippen LogP contribution in [0.4, 0.5) is 11.4 Å². The van der Waals surface area contributed by atoms with Crippen molar-refractivity contribution < 1.29 is 23.9 Å². The average molecular weight is 585 g/mol. The summed E-state index contributed by atoms with van der Waals surface area (Å²) < 4.78 is 5.45. The Morgan fingerprint density at radius 2 is 1.16 bits per heavy atom. The van der Waals surface area contributed by atoms with Crippen molar-refractivity contribution >= 4 is 35.1 Å². The molecule has 1 aliphatic heterocycles. The molecule has 1 heterocycles. The normalized spacial score (nSPS) is 21.0. The number of carbonyl (C=O) groups excluding carboxylic acids is 4. The van der Waals surface area contributed by atoms with Crippen molar-refractivity contribution in [2.75, 3.05) is 16.8 Å². The van der Waals surface area contributed by atoms with Crippen LogP contribution in [0.5, 0.6) is 0 Å². The van der Waals surface area contributed by atoms with Crippen LogP contribution in [0.25, 0.3) is 0 Å². The van der Waals surface area contributed by atoms with E-state index in [-0.39, 0.29) is 34.9 Å². The molecule has 1 N–H and O–H groups in total. The van der Waals surface area contributed by atoms with Crippen LogP contribution >= 0.6 is 0 Å². The van der Waals surface area contributed by atoms with Gasteiger partial charge in [0.15, 0.2) is 6.61 Å². The zero-order chi connectivity index (χ0) is 30.5. The van der Waals surface area contributed by atoms with Gasteiger partial charge in [-0.25, -0.2) is 9.69 Å². The number of esters is 1. The largest absolute Gasteiger partial charge is 0.452 e. The molecule has 4 aromatic carbocycles. The van der Waals surface area contributed by atoms with E-state index in [1.165, 1.54) is 11.0 Å². The number of hydrogen-bond donors (Lipinski definition) is 1. The second-order valence-electron chi connectivity index (χ2n) is 11.6. The first-order chi connectivity index (χ1) is 21.4. The monoisotopic (exact) mass is 584 g/mol. The van der Waals surface area contributed by atoms with Gasteiger partial charge in [-0.3, -0.25) is 14.4 Å². The van der Waals surface area contributed by atoms with Crippen molar-refractivity contribution in [1.82, 2.24) is 0 Å². The molecule has 1 fully saturated rings. The molecule has 7 nitrogen and oxygen atoms in total. The van der Waals surface area contributed by atoms with Crippen LogP contribution in [0.3, 0.4) is 0 Å². The number of ether oxygens (including phenoxy) is 1. The molecular formula is C37H32N2O5. The van der Waals surface area contributed by atoms with E-state index in [4.69, 9.17) is 4.74 Å². The van der Waals surface area contributed by atoms with Crippen molar-refractivity contribution in [1.29, 1.82) is 0 Å². The van der Waals surface area contributed by atoms with Gasteiger partial charge >= 0.3 is 5.97 Å². The highest BCUT2D eigenvalue weighted by molar-refractivity contribution is 6.25. The molecule has 2 atom stereocenters. The molecule has 220 valence electrons. The molecule has 0 aromatic heterocycles. The second kappa shape index (κ2) is 10.9. The summed E-state index contributed by atoms with van der Waals surface area (Å²) in [6, 6.07) is 28.5. The second-order valence-corrected chi connectivity index (χ2v) is 11.6. The van der Waals surface area contributed by atoms with Crippen molar-refractivity contribution in [3.05, 3.63) is 130 Å². The van der Waals surface area contributed by atoms with Crippen LogP contribution in [-0.2, 0) is 32.0 Å². The van der Waals surface area contributed by atoms with Crippen molar-refractivity contribution in [3.63, 3.8) is 0 Å². The number of amides is 3. The highest BCUT2D eigenvalue weighted by Crippen LogP contribution is 2.61. The summed E-state index contributed by atoms with van der Waals surface area (Å²) in [5.41, 5.74) is 7.30. The minimum absolute atomic E-state index is 0.0613. The number of nitrogens with zero attached hydrogens (tertiary/aromatic N) is 1. The molecule has 1 saturated heterocycles. The molecule has 44 heavy (non-hydrogen) atoms. The van der Waals surface area contributed by atoms with Crippen molar-refractivity contribution in [2.24, 2.45) is 11.8 Å². The topological polar surface area (TPSA) is 92.8 Å². The summed E-state index contributed by atoms with van der Waals surface area (Å²) in [5.74, 6) is -3.52. The zero-order valence-corrected chi connectivity index (χ0v) is 24.6. The van der Waals surface area contributed by atoms with Gasteiger partial charge in [0.1, 0.15) is 0 Å². The molecule has 0 saturated carbocycles. The van der Waals surface area contributed by atoms with Gasteiger partial charge in [0.25, 0.3) is 5.91 Å². The third-order valence-electron chi connectivity index (χ3n) is 9.41. The summed E-state index contributed by atoms with van der Waals surface area (Å²) in [6.07, 6.45) is 1.49. The lowest BCUT2D eigenvalue weighted by Gasteiger charge is -2.45. The van der Waals surface area contributed by atoms with Crippen LogP contribution < -0.4 is 10.2 Å². The average Bonchev–Trinajstić information content (AvgIpc) is 3.33. The summed E-state index contributed by atoms with van der Waals surface area (Å²) in [7, 11) is 0.